The highest BCUT2D eigenvalue weighted by Gasteiger charge is 2.43. The van der Waals surface area contributed by atoms with E-state index in [1.165, 1.54) is 0 Å². The number of thioether (sulfide) groups is 1. The fraction of sp³-hybridized carbons (Fsp3) is 0.900. The molecular weight excluding hydrogens is 239 g/mol. The van der Waals surface area contributed by atoms with E-state index in [2.05, 4.69) is 0 Å². The van der Waals surface area contributed by atoms with Gasteiger partial charge in [0.2, 0.25) is 0 Å². The molecule has 1 atom stereocenters. The lowest BCUT2D eigenvalue weighted by molar-refractivity contribution is -0.186. The van der Waals surface area contributed by atoms with Gasteiger partial charge in [0.25, 0.3) is 0 Å². The van der Waals surface area contributed by atoms with Crippen LogP contribution in [-0.2, 0) is 4.79 Å². The van der Waals surface area contributed by atoms with Gasteiger partial charge in [-0.25, -0.2) is 0 Å². The minimum absolute atomic E-state index is 0.167. The minimum Gasteiger partial charge on any atom is -0.334 e. The number of piperidine rings is 1. The molecule has 0 aromatic rings. The lowest BCUT2D eigenvalue weighted by atomic mass is 10.1. The van der Waals surface area contributed by atoms with E-state index in [1.54, 1.807) is 11.8 Å². The zero-order chi connectivity index (χ0) is 12.2. The van der Waals surface area contributed by atoms with Gasteiger partial charge in [-0.1, -0.05) is 6.92 Å². The first-order chi connectivity index (χ1) is 7.45. The third-order valence-corrected chi connectivity index (χ3v) is 3.97. The molecule has 6 heteroatoms. The average Bonchev–Trinajstić information content (AvgIpc) is 2.24. The first kappa shape index (κ1) is 13.7. The Morgan fingerprint density at radius 2 is 2.19 bits per heavy atom. The van der Waals surface area contributed by atoms with Crippen LogP contribution in [0.15, 0.2) is 0 Å². The van der Waals surface area contributed by atoms with Crippen LogP contribution >= 0.6 is 11.8 Å². The standard InChI is InChI=1S/C10H16F3NOS/c1-2-6-16-8-4-3-5-14(7-8)9(15)10(11,12)13/h8H,2-7H2,1H3. The maximum atomic E-state index is 12.2. The first-order valence-corrected chi connectivity index (χ1v) is 6.47. The molecule has 0 radical (unpaired) electrons. The number of hydrogen-bond acceptors (Lipinski definition) is 2. The van der Waals surface area contributed by atoms with Crippen molar-refractivity contribution in [2.24, 2.45) is 0 Å². The van der Waals surface area contributed by atoms with Gasteiger partial charge >= 0.3 is 12.1 Å². The number of carbonyl (C=O) groups is 1. The van der Waals surface area contributed by atoms with E-state index in [-0.39, 0.29) is 18.3 Å². The lowest BCUT2D eigenvalue weighted by Crippen LogP contribution is -2.47. The fourth-order valence-corrected chi connectivity index (χ4v) is 2.91. The number of amides is 1. The van der Waals surface area contributed by atoms with E-state index in [4.69, 9.17) is 0 Å². The second-order valence-corrected chi connectivity index (χ2v) is 5.29. The molecule has 1 fully saturated rings. The van der Waals surface area contributed by atoms with Crippen LogP contribution in [0.4, 0.5) is 13.2 Å². The molecule has 1 aliphatic heterocycles. The van der Waals surface area contributed by atoms with Crippen molar-refractivity contribution < 1.29 is 18.0 Å². The molecule has 1 heterocycles. The highest BCUT2D eigenvalue weighted by Crippen LogP contribution is 2.26. The van der Waals surface area contributed by atoms with Gasteiger partial charge in [0.15, 0.2) is 0 Å². The van der Waals surface area contributed by atoms with Crippen LogP contribution in [-0.4, -0.2) is 41.1 Å². The van der Waals surface area contributed by atoms with Crippen LogP contribution in [0.3, 0.4) is 0 Å². The smallest absolute Gasteiger partial charge is 0.334 e. The summed E-state index contributed by atoms with van der Waals surface area (Å²) in [6.45, 7) is 2.51. The van der Waals surface area contributed by atoms with Crippen molar-refractivity contribution in [1.29, 1.82) is 0 Å². The molecule has 0 aliphatic carbocycles. The zero-order valence-electron chi connectivity index (χ0n) is 9.22. The molecule has 0 bridgehead atoms. The second-order valence-electron chi connectivity index (χ2n) is 3.88. The summed E-state index contributed by atoms with van der Waals surface area (Å²) >= 11 is 1.67. The zero-order valence-corrected chi connectivity index (χ0v) is 10.0. The van der Waals surface area contributed by atoms with Gasteiger partial charge in [0.05, 0.1) is 0 Å². The van der Waals surface area contributed by atoms with Crippen LogP contribution in [0, 0.1) is 0 Å². The molecule has 94 valence electrons. The summed E-state index contributed by atoms with van der Waals surface area (Å²) in [5.41, 5.74) is 0. The summed E-state index contributed by atoms with van der Waals surface area (Å²) in [6.07, 6.45) is -2.14. The largest absolute Gasteiger partial charge is 0.471 e. The Kier molecular flexibility index (Phi) is 4.95. The van der Waals surface area contributed by atoms with Crippen LogP contribution in [0.1, 0.15) is 26.2 Å². The van der Waals surface area contributed by atoms with Crippen LogP contribution < -0.4 is 0 Å². The van der Waals surface area contributed by atoms with Crippen LogP contribution in [0.5, 0.6) is 0 Å². The number of rotatable bonds is 3. The lowest BCUT2D eigenvalue weighted by Gasteiger charge is -2.32. The number of carbonyl (C=O) groups excluding carboxylic acids is 1. The normalized spacial score (nSPS) is 22.2. The summed E-state index contributed by atoms with van der Waals surface area (Å²) in [6, 6.07) is 0. The van der Waals surface area contributed by atoms with E-state index in [9.17, 15) is 18.0 Å². The Balaban J connectivity index is 2.47. The predicted octanol–water partition coefficient (Wildman–Crippen LogP) is 2.68. The summed E-state index contributed by atoms with van der Waals surface area (Å²) < 4.78 is 36.6. The van der Waals surface area contributed by atoms with Crippen LogP contribution in [0.25, 0.3) is 0 Å². The fourth-order valence-electron chi connectivity index (χ4n) is 1.72. The van der Waals surface area contributed by atoms with Crippen molar-refractivity contribution in [3.63, 3.8) is 0 Å². The summed E-state index contributed by atoms with van der Waals surface area (Å²) in [7, 11) is 0. The monoisotopic (exact) mass is 255 g/mol. The van der Waals surface area contributed by atoms with Gasteiger partial charge in [-0.15, -0.1) is 0 Å². The highest BCUT2D eigenvalue weighted by atomic mass is 32.2. The Hall–Kier alpha value is -0.390. The molecule has 1 saturated heterocycles. The molecule has 0 saturated carbocycles. The summed E-state index contributed by atoms with van der Waals surface area (Å²) in [5.74, 6) is -0.743. The Labute approximate surface area is 97.6 Å². The molecule has 0 N–H and O–H groups in total. The first-order valence-electron chi connectivity index (χ1n) is 5.43. The van der Waals surface area contributed by atoms with Crippen molar-refractivity contribution in [2.45, 2.75) is 37.6 Å². The third-order valence-electron chi connectivity index (χ3n) is 2.47. The molecular formula is C10H16F3NOS. The SMILES string of the molecule is CCCSC1CCCN(C(=O)C(F)(F)F)C1. The van der Waals surface area contributed by atoms with E-state index in [0.29, 0.717) is 6.42 Å². The average molecular weight is 255 g/mol. The Morgan fingerprint density at radius 3 is 2.75 bits per heavy atom. The number of likely N-dealkylation sites (tertiary alicyclic amines) is 1. The maximum absolute atomic E-state index is 12.2. The van der Waals surface area contributed by atoms with Gasteiger partial charge in [0, 0.05) is 18.3 Å². The molecule has 16 heavy (non-hydrogen) atoms. The van der Waals surface area contributed by atoms with Crippen molar-refractivity contribution in [1.82, 2.24) is 4.90 Å². The van der Waals surface area contributed by atoms with Gasteiger partial charge in [-0.3, -0.25) is 4.79 Å². The molecule has 2 nitrogen and oxygen atoms in total. The number of alkyl halides is 3. The van der Waals surface area contributed by atoms with Gasteiger partial charge < -0.3 is 4.90 Å². The van der Waals surface area contributed by atoms with E-state index < -0.39 is 12.1 Å². The summed E-state index contributed by atoms with van der Waals surface area (Å²) in [4.78, 5) is 12.0. The minimum atomic E-state index is -4.72. The van der Waals surface area contributed by atoms with Gasteiger partial charge in [-0.2, -0.15) is 24.9 Å². The summed E-state index contributed by atoms with van der Waals surface area (Å²) in [5, 5.41) is 0.167. The van der Waals surface area contributed by atoms with Crippen molar-refractivity contribution in [2.75, 3.05) is 18.8 Å². The van der Waals surface area contributed by atoms with Crippen LogP contribution in [0.2, 0.25) is 0 Å². The third kappa shape index (κ3) is 3.88. The Morgan fingerprint density at radius 1 is 1.50 bits per heavy atom. The highest BCUT2D eigenvalue weighted by molar-refractivity contribution is 7.99. The Bertz CT molecular complexity index is 245. The van der Waals surface area contributed by atoms with E-state index >= 15 is 0 Å². The van der Waals surface area contributed by atoms with Crippen molar-refractivity contribution in [3.05, 3.63) is 0 Å². The molecule has 0 aromatic heterocycles. The van der Waals surface area contributed by atoms with E-state index in [1.807, 2.05) is 6.92 Å². The number of halogens is 3. The van der Waals surface area contributed by atoms with Crippen molar-refractivity contribution in [3.8, 4) is 0 Å². The molecule has 1 rings (SSSR count). The second kappa shape index (κ2) is 5.80. The molecule has 0 spiro atoms. The van der Waals surface area contributed by atoms with Crippen molar-refractivity contribution >= 4 is 17.7 Å². The predicted molar refractivity (Wildman–Crippen MR) is 58.4 cm³/mol. The number of nitrogens with zero attached hydrogens (tertiary/aromatic N) is 1. The molecule has 1 unspecified atom stereocenters. The maximum Gasteiger partial charge on any atom is 0.471 e. The number of hydrogen-bond donors (Lipinski definition) is 0. The topological polar surface area (TPSA) is 20.3 Å². The van der Waals surface area contributed by atoms with Gasteiger partial charge in [-0.05, 0) is 25.0 Å². The van der Waals surface area contributed by atoms with E-state index in [0.717, 1.165) is 23.5 Å². The molecule has 1 aliphatic rings. The molecule has 0 aromatic carbocycles. The van der Waals surface area contributed by atoms with Gasteiger partial charge in [0.1, 0.15) is 0 Å². The quantitative estimate of drug-likeness (QED) is 0.772. The molecule has 1 amide bonds.